The summed E-state index contributed by atoms with van der Waals surface area (Å²) in [5.74, 6) is 1.59. The number of guanidine groups is 1. The molecule has 3 rings (SSSR count). The second kappa shape index (κ2) is 6.36. The van der Waals surface area contributed by atoms with E-state index in [1.54, 1.807) is 20.0 Å². The van der Waals surface area contributed by atoms with Gasteiger partial charge in [0.1, 0.15) is 5.82 Å². The fourth-order valence-corrected chi connectivity index (χ4v) is 2.63. The minimum atomic E-state index is -0.142. The van der Waals surface area contributed by atoms with Crippen molar-refractivity contribution in [2.75, 3.05) is 13.6 Å². The molecule has 1 saturated carbocycles. The summed E-state index contributed by atoms with van der Waals surface area (Å²) in [6, 6.07) is 6.98. The lowest BCUT2D eigenvalue weighted by Crippen LogP contribution is -2.41. The monoisotopic (exact) mass is 317 g/mol. The van der Waals surface area contributed by atoms with E-state index >= 15 is 0 Å². The fourth-order valence-electron chi connectivity index (χ4n) is 2.63. The molecule has 7 heteroatoms. The molecule has 1 aliphatic carbocycles. The summed E-state index contributed by atoms with van der Waals surface area (Å²) in [6.07, 6.45) is 1.95. The summed E-state index contributed by atoms with van der Waals surface area (Å²) in [4.78, 5) is 8.30. The zero-order valence-corrected chi connectivity index (χ0v) is 13.3. The largest absolute Gasteiger partial charge is 0.356 e. The van der Waals surface area contributed by atoms with E-state index < -0.39 is 0 Å². The first-order valence-corrected chi connectivity index (χ1v) is 7.62. The minimum absolute atomic E-state index is 0.133. The Labute approximate surface area is 134 Å². The first kappa shape index (κ1) is 15.5. The van der Waals surface area contributed by atoms with Gasteiger partial charge in [0.25, 0.3) is 0 Å². The normalized spacial score (nSPS) is 16.2. The molecule has 1 aliphatic rings. The highest BCUT2D eigenvalue weighted by atomic mass is 19.1. The maximum atomic E-state index is 14.0. The number of benzene rings is 1. The van der Waals surface area contributed by atoms with Crippen LogP contribution in [0.25, 0.3) is 0 Å². The van der Waals surface area contributed by atoms with Crippen molar-refractivity contribution in [1.82, 2.24) is 20.8 Å². The number of aryl methyl sites for hydroxylation is 1. The predicted molar refractivity (Wildman–Crippen MR) is 84.5 cm³/mol. The number of nitrogens with one attached hydrogen (secondary N) is 2. The Morgan fingerprint density at radius 1 is 1.35 bits per heavy atom. The molecule has 0 unspecified atom stereocenters. The molecule has 1 heterocycles. The van der Waals surface area contributed by atoms with Crippen LogP contribution in [-0.2, 0) is 12.0 Å². The topological polar surface area (TPSA) is 75.3 Å². The molecule has 1 aromatic carbocycles. The Morgan fingerprint density at radius 2 is 2.13 bits per heavy atom. The lowest BCUT2D eigenvalue weighted by molar-refractivity contribution is 0.386. The van der Waals surface area contributed by atoms with Crippen molar-refractivity contribution in [3.8, 4) is 0 Å². The van der Waals surface area contributed by atoms with Gasteiger partial charge in [-0.25, -0.2) is 4.39 Å². The summed E-state index contributed by atoms with van der Waals surface area (Å²) in [5.41, 5.74) is 0.642. The Balaban J connectivity index is 1.57. The quantitative estimate of drug-likeness (QED) is 0.651. The van der Waals surface area contributed by atoms with Crippen molar-refractivity contribution in [2.24, 2.45) is 4.99 Å². The van der Waals surface area contributed by atoms with Crippen LogP contribution in [-0.4, -0.2) is 29.7 Å². The molecule has 1 aromatic heterocycles. The Hall–Kier alpha value is -2.44. The molecule has 2 aromatic rings. The highest BCUT2D eigenvalue weighted by Gasteiger charge is 2.45. The van der Waals surface area contributed by atoms with E-state index in [-0.39, 0.29) is 11.2 Å². The van der Waals surface area contributed by atoms with Gasteiger partial charge in [0.2, 0.25) is 5.89 Å². The Bertz CT molecular complexity index is 708. The summed E-state index contributed by atoms with van der Waals surface area (Å²) in [7, 11) is 1.69. The molecule has 1 fully saturated rings. The van der Waals surface area contributed by atoms with Crippen LogP contribution in [0.3, 0.4) is 0 Å². The second-order valence-electron chi connectivity index (χ2n) is 5.77. The van der Waals surface area contributed by atoms with Gasteiger partial charge in [0, 0.05) is 25.9 Å². The Kier molecular flexibility index (Phi) is 4.27. The average molecular weight is 317 g/mol. The molecule has 0 bridgehead atoms. The van der Waals surface area contributed by atoms with E-state index in [0.29, 0.717) is 30.8 Å². The standard InChI is InChI=1S/C16H20FN5O/c1-11-21-14(22-23-11)9-19-15(18-2)20-10-16(7-8-16)12-5-3-4-6-13(12)17/h3-6H,7-10H2,1-2H3,(H2,18,19,20). The third-order valence-corrected chi connectivity index (χ3v) is 4.10. The van der Waals surface area contributed by atoms with E-state index in [2.05, 4.69) is 25.8 Å². The fraction of sp³-hybridized carbons (Fsp3) is 0.438. The lowest BCUT2D eigenvalue weighted by atomic mass is 9.95. The molecular formula is C16H20FN5O. The van der Waals surface area contributed by atoms with Crippen molar-refractivity contribution >= 4 is 5.96 Å². The molecule has 0 radical (unpaired) electrons. The van der Waals surface area contributed by atoms with Gasteiger partial charge in [-0.3, -0.25) is 4.99 Å². The zero-order valence-electron chi connectivity index (χ0n) is 13.3. The van der Waals surface area contributed by atoms with Gasteiger partial charge >= 0.3 is 0 Å². The third-order valence-electron chi connectivity index (χ3n) is 4.10. The molecule has 0 amide bonds. The molecule has 0 aliphatic heterocycles. The van der Waals surface area contributed by atoms with E-state index in [9.17, 15) is 4.39 Å². The maximum Gasteiger partial charge on any atom is 0.223 e. The zero-order chi connectivity index (χ0) is 16.3. The van der Waals surface area contributed by atoms with Crippen LogP contribution >= 0.6 is 0 Å². The lowest BCUT2D eigenvalue weighted by Gasteiger charge is -2.19. The van der Waals surface area contributed by atoms with Crippen molar-refractivity contribution in [3.05, 3.63) is 47.4 Å². The molecule has 0 spiro atoms. The van der Waals surface area contributed by atoms with Gasteiger partial charge in [-0.1, -0.05) is 23.4 Å². The van der Waals surface area contributed by atoms with Gasteiger partial charge in [-0.2, -0.15) is 4.98 Å². The van der Waals surface area contributed by atoms with Crippen LogP contribution in [0.5, 0.6) is 0 Å². The van der Waals surface area contributed by atoms with Crippen molar-refractivity contribution in [2.45, 2.75) is 31.7 Å². The highest BCUT2D eigenvalue weighted by molar-refractivity contribution is 5.79. The van der Waals surface area contributed by atoms with Crippen LogP contribution in [0, 0.1) is 12.7 Å². The van der Waals surface area contributed by atoms with E-state index in [4.69, 9.17) is 4.52 Å². The molecule has 6 nitrogen and oxygen atoms in total. The molecule has 122 valence electrons. The molecule has 23 heavy (non-hydrogen) atoms. The smallest absolute Gasteiger partial charge is 0.223 e. The van der Waals surface area contributed by atoms with Gasteiger partial charge in [-0.15, -0.1) is 0 Å². The van der Waals surface area contributed by atoms with E-state index in [1.807, 2.05) is 12.1 Å². The molecule has 0 saturated heterocycles. The minimum Gasteiger partial charge on any atom is -0.356 e. The van der Waals surface area contributed by atoms with Gasteiger partial charge in [0.05, 0.1) is 6.54 Å². The molecule has 2 N–H and O–H groups in total. The van der Waals surface area contributed by atoms with E-state index in [0.717, 1.165) is 18.4 Å². The van der Waals surface area contributed by atoms with Crippen LogP contribution in [0.1, 0.15) is 30.1 Å². The first-order valence-electron chi connectivity index (χ1n) is 7.62. The molecule has 0 atom stereocenters. The number of aromatic nitrogens is 2. The van der Waals surface area contributed by atoms with Gasteiger partial charge < -0.3 is 15.2 Å². The summed E-state index contributed by atoms with van der Waals surface area (Å²) in [6.45, 7) is 2.80. The average Bonchev–Trinajstić information content (AvgIpc) is 3.22. The van der Waals surface area contributed by atoms with Crippen molar-refractivity contribution in [3.63, 3.8) is 0 Å². The maximum absolute atomic E-state index is 14.0. The predicted octanol–water partition coefficient (Wildman–Crippen LogP) is 1.91. The first-order chi connectivity index (χ1) is 11.1. The van der Waals surface area contributed by atoms with Crippen LogP contribution in [0.15, 0.2) is 33.8 Å². The summed E-state index contributed by atoms with van der Waals surface area (Å²) < 4.78 is 18.9. The van der Waals surface area contributed by atoms with Gasteiger partial charge in [-0.05, 0) is 24.5 Å². The van der Waals surface area contributed by atoms with Crippen molar-refractivity contribution in [1.29, 1.82) is 0 Å². The third kappa shape index (κ3) is 3.49. The Morgan fingerprint density at radius 3 is 2.74 bits per heavy atom. The second-order valence-corrected chi connectivity index (χ2v) is 5.77. The van der Waals surface area contributed by atoms with Crippen LogP contribution < -0.4 is 10.6 Å². The van der Waals surface area contributed by atoms with Crippen LogP contribution in [0.2, 0.25) is 0 Å². The highest BCUT2D eigenvalue weighted by Crippen LogP contribution is 2.48. The SMILES string of the molecule is CN=C(NCc1noc(C)n1)NCC1(c2ccccc2F)CC1. The van der Waals surface area contributed by atoms with Crippen LogP contribution in [0.4, 0.5) is 4.39 Å². The number of aliphatic imine (C=N–C) groups is 1. The summed E-state index contributed by atoms with van der Waals surface area (Å²) >= 11 is 0. The van der Waals surface area contributed by atoms with E-state index in [1.165, 1.54) is 6.07 Å². The summed E-state index contributed by atoms with van der Waals surface area (Å²) in [5, 5.41) is 10.2. The number of rotatable bonds is 5. The number of hydrogen-bond donors (Lipinski definition) is 2. The molecular weight excluding hydrogens is 297 g/mol. The van der Waals surface area contributed by atoms with Gasteiger partial charge in [0.15, 0.2) is 11.8 Å². The number of hydrogen-bond acceptors (Lipinski definition) is 4. The number of halogens is 1. The van der Waals surface area contributed by atoms with Crippen molar-refractivity contribution < 1.29 is 8.91 Å². The number of nitrogens with zero attached hydrogens (tertiary/aromatic N) is 3.